The molecule has 0 aromatic carbocycles. The Morgan fingerprint density at radius 3 is 2.87 bits per heavy atom. The molecule has 1 aliphatic carbocycles. The molecule has 1 aromatic rings. The van der Waals surface area contributed by atoms with E-state index in [2.05, 4.69) is 10.3 Å². The Morgan fingerprint density at radius 2 is 2.13 bits per heavy atom. The highest BCUT2D eigenvalue weighted by Gasteiger charge is 2.36. The van der Waals surface area contributed by atoms with Gasteiger partial charge in [0, 0.05) is 12.7 Å². The third kappa shape index (κ3) is 4.51. The van der Waals surface area contributed by atoms with Crippen molar-refractivity contribution in [3.63, 3.8) is 0 Å². The summed E-state index contributed by atoms with van der Waals surface area (Å²) in [6.07, 6.45) is 10.8. The minimum absolute atomic E-state index is 0.0210. The van der Waals surface area contributed by atoms with Gasteiger partial charge in [-0.15, -0.1) is 5.10 Å². The number of aliphatic hydroxyl groups is 1. The maximum Gasteiger partial charge on any atom is 0.248 e. The number of piperidine rings is 1. The fourth-order valence-corrected chi connectivity index (χ4v) is 3.59. The highest BCUT2D eigenvalue weighted by atomic mass is 16.5. The molecule has 1 saturated heterocycles. The zero-order chi connectivity index (χ0) is 16.1. The Hall–Kier alpha value is -1.47. The highest BCUT2D eigenvalue weighted by Crippen LogP contribution is 2.24. The predicted octanol–water partition coefficient (Wildman–Crippen LogP) is 0.981. The number of rotatable bonds is 5. The van der Waals surface area contributed by atoms with Gasteiger partial charge in [0.15, 0.2) is 0 Å². The summed E-state index contributed by atoms with van der Waals surface area (Å²) in [5.74, 6) is -0.0210. The summed E-state index contributed by atoms with van der Waals surface area (Å²) in [6.45, 7) is 1.51. The molecule has 2 heterocycles. The third-order valence-electron chi connectivity index (χ3n) is 4.83. The summed E-state index contributed by atoms with van der Waals surface area (Å²) < 4.78 is 7.39. The number of nitrogens with zero attached hydrogens (tertiary/aromatic N) is 4. The molecule has 1 saturated carbocycles. The molecular weight excluding hydrogens is 296 g/mol. The molecule has 7 heteroatoms. The van der Waals surface area contributed by atoms with Crippen molar-refractivity contribution in [2.24, 2.45) is 0 Å². The average Bonchev–Trinajstić information content (AvgIpc) is 3.06. The predicted molar refractivity (Wildman–Crippen MR) is 83.6 cm³/mol. The number of hydrogen-bond donors (Lipinski definition) is 1. The van der Waals surface area contributed by atoms with Crippen LogP contribution in [0.3, 0.4) is 0 Å². The standard InChI is InChI=1S/C16H26N4O3/c21-15(11-23-14-5-2-1-3-6-14)19-9-4-7-16(22,12-19)13-20-10-8-17-18-20/h8,10,14,22H,1-7,9,11-13H2. The van der Waals surface area contributed by atoms with Gasteiger partial charge in [-0.05, 0) is 25.7 Å². The largest absolute Gasteiger partial charge is 0.386 e. The summed E-state index contributed by atoms with van der Waals surface area (Å²) >= 11 is 0. The first-order valence-corrected chi connectivity index (χ1v) is 8.60. The van der Waals surface area contributed by atoms with Crippen molar-refractivity contribution in [1.82, 2.24) is 19.9 Å². The summed E-state index contributed by atoms with van der Waals surface area (Å²) in [4.78, 5) is 14.1. The van der Waals surface area contributed by atoms with Crippen LogP contribution in [0.5, 0.6) is 0 Å². The van der Waals surface area contributed by atoms with Crippen molar-refractivity contribution in [3.05, 3.63) is 12.4 Å². The molecule has 1 N–H and O–H groups in total. The normalized spacial score (nSPS) is 26.4. The molecule has 1 aliphatic heterocycles. The average molecular weight is 322 g/mol. The maximum absolute atomic E-state index is 12.4. The maximum atomic E-state index is 12.4. The van der Waals surface area contributed by atoms with E-state index in [1.807, 2.05) is 0 Å². The van der Waals surface area contributed by atoms with E-state index < -0.39 is 5.60 Å². The van der Waals surface area contributed by atoms with E-state index in [1.165, 1.54) is 19.3 Å². The molecule has 2 fully saturated rings. The van der Waals surface area contributed by atoms with Gasteiger partial charge >= 0.3 is 0 Å². The van der Waals surface area contributed by atoms with Gasteiger partial charge in [0.05, 0.1) is 25.4 Å². The van der Waals surface area contributed by atoms with Crippen molar-refractivity contribution in [3.8, 4) is 0 Å². The van der Waals surface area contributed by atoms with E-state index in [9.17, 15) is 9.90 Å². The summed E-state index contributed by atoms with van der Waals surface area (Å²) in [6, 6.07) is 0. The van der Waals surface area contributed by atoms with Gasteiger partial charge in [-0.1, -0.05) is 24.5 Å². The molecule has 0 spiro atoms. The number of ether oxygens (including phenoxy) is 1. The van der Waals surface area contributed by atoms with Gasteiger partial charge in [0.1, 0.15) is 12.2 Å². The smallest absolute Gasteiger partial charge is 0.248 e. The molecule has 128 valence electrons. The number of carbonyl (C=O) groups is 1. The van der Waals surface area contributed by atoms with E-state index in [1.54, 1.807) is 22.0 Å². The Kier molecular flexibility index (Phi) is 5.27. The third-order valence-corrected chi connectivity index (χ3v) is 4.83. The minimum Gasteiger partial charge on any atom is -0.386 e. The van der Waals surface area contributed by atoms with Crippen LogP contribution >= 0.6 is 0 Å². The fraction of sp³-hybridized carbons (Fsp3) is 0.812. The van der Waals surface area contributed by atoms with Gasteiger partial charge in [0.2, 0.25) is 5.91 Å². The Labute approximate surface area is 136 Å². The van der Waals surface area contributed by atoms with Crippen LogP contribution < -0.4 is 0 Å². The minimum atomic E-state index is -0.938. The summed E-state index contributed by atoms with van der Waals surface area (Å²) in [5.41, 5.74) is -0.938. The van der Waals surface area contributed by atoms with Crippen LogP contribution in [-0.2, 0) is 16.1 Å². The number of amides is 1. The number of hydrogen-bond acceptors (Lipinski definition) is 5. The van der Waals surface area contributed by atoms with E-state index in [-0.39, 0.29) is 18.6 Å². The van der Waals surface area contributed by atoms with Crippen LogP contribution in [0.4, 0.5) is 0 Å². The quantitative estimate of drug-likeness (QED) is 0.874. The van der Waals surface area contributed by atoms with E-state index in [4.69, 9.17) is 4.74 Å². The number of β-amino-alcohol motifs (C(OH)–C–C–N with tert-alkyl or cyclic N) is 1. The van der Waals surface area contributed by atoms with E-state index in [0.29, 0.717) is 26.1 Å². The molecular formula is C16H26N4O3. The monoisotopic (exact) mass is 322 g/mol. The second-order valence-electron chi connectivity index (χ2n) is 6.81. The van der Waals surface area contributed by atoms with Crippen LogP contribution in [0.15, 0.2) is 12.4 Å². The van der Waals surface area contributed by atoms with Crippen molar-refractivity contribution in [1.29, 1.82) is 0 Å². The zero-order valence-corrected chi connectivity index (χ0v) is 13.6. The van der Waals surface area contributed by atoms with Gasteiger partial charge in [0.25, 0.3) is 0 Å². The molecule has 7 nitrogen and oxygen atoms in total. The Bertz CT molecular complexity index is 501. The molecule has 0 bridgehead atoms. The van der Waals surface area contributed by atoms with Crippen LogP contribution in [0.2, 0.25) is 0 Å². The van der Waals surface area contributed by atoms with Gasteiger partial charge < -0.3 is 14.7 Å². The number of likely N-dealkylation sites (tertiary alicyclic amines) is 1. The lowest BCUT2D eigenvalue weighted by molar-refractivity contribution is -0.146. The first-order chi connectivity index (χ1) is 11.1. The zero-order valence-electron chi connectivity index (χ0n) is 13.6. The molecule has 1 atom stereocenters. The lowest BCUT2D eigenvalue weighted by Gasteiger charge is -2.39. The molecule has 1 amide bonds. The molecule has 0 radical (unpaired) electrons. The Balaban J connectivity index is 1.49. The van der Waals surface area contributed by atoms with Crippen molar-refractivity contribution in [2.45, 2.75) is 63.2 Å². The van der Waals surface area contributed by atoms with Gasteiger partial charge in [-0.25, -0.2) is 4.68 Å². The van der Waals surface area contributed by atoms with Crippen molar-refractivity contribution < 1.29 is 14.6 Å². The lowest BCUT2D eigenvalue weighted by atomic mass is 9.92. The summed E-state index contributed by atoms with van der Waals surface area (Å²) in [7, 11) is 0. The van der Waals surface area contributed by atoms with E-state index in [0.717, 1.165) is 19.3 Å². The van der Waals surface area contributed by atoms with Crippen molar-refractivity contribution in [2.75, 3.05) is 19.7 Å². The van der Waals surface area contributed by atoms with Gasteiger partial charge in [-0.2, -0.15) is 0 Å². The second-order valence-corrected chi connectivity index (χ2v) is 6.81. The number of aromatic nitrogens is 3. The molecule has 3 rings (SSSR count). The second kappa shape index (κ2) is 7.40. The molecule has 1 unspecified atom stereocenters. The van der Waals surface area contributed by atoms with Crippen LogP contribution in [-0.4, -0.2) is 62.3 Å². The van der Waals surface area contributed by atoms with E-state index >= 15 is 0 Å². The van der Waals surface area contributed by atoms with Gasteiger partial charge in [-0.3, -0.25) is 4.79 Å². The topological polar surface area (TPSA) is 80.5 Å². The Morgan fingerprint density at radius 1 is 1.30 bits per heavy atom. The van der Waals surface area contributed by atoms with Crippen LogP contribution in [0, 0.1) is 0 Å². The summed E-state index contributed by atoms with van der Waals surface area (Å²) in [5, 5.41) is 18.4. The first-order valence-electron chi connectivity index (χ1n) is 8.60. The van der Waals surface area contributed by atoms with Crippen LogP contribution in [0.1, 0.15) is 44.9 Å². The van der Waals surface area contributed by atoms with Crippen LogP contribution in [0.25, 0.3) is 0 Å². The molecule has 1 aromatic heterocycles. The van der Waals surface area contributed by atoms with Crippen molar-refractivity contribution >= 4 is 5.91 Å². The number of carbonyl (C=O) groups excluding carboxylic acids is 1. The molecule has 23 heavy (non-hydrogen) atoms. The highest BCUT2D eigenvalue weighted by molar-refractivity contribution is 5.77. The molecule has 2 aliphatic rings. The SMILES string of the molecule is O=C(COC1CCCCC1)N1CCCC(O)(Cn2ccnn2)C1. The lowest BCUT2D eigenvalue weighted by Crippen LogP contribution is -2.53. The first kappa shape index (κ1) is 16.4. The fourth-order valence-electron chi connectivity index (χ4n) is 3.59.